The van der Waals surface area contributed by atoms with Crippen molar-refractivity contribution in [2.75, 3.05) is 13.1 Å². The summed E-state index contributed by atoms with van der Waals surface area (Å²) >= 11 is 0. The SMILES string of the molecule is O=C(NCc1ccccc1)NCC(NC(=O)C1CCN1S(=O)(=O)c1ccccc1)C(=O)O. The molecule has 3 amide bonds. The lowest BCUT2D eigenvalue weighted by Gasteiger charge is -2.38. The van der Waals surface area contributed by atoms with Gasteiger partial charge >= 0.3 is 12.0 Å². The van der Waals surface area contributed by atoms with Crippen LogP contribution in [0.15, 0.2) is 65.6 Å². The van der Waals surface area contributed by atoms with Gasteiger partial charge in [0.05, 0.1) is 11.4 Å². The molecule has 170 valence electrons. The van der Waals surface area contributed by atoms with Gasteiger partial charge < -0.3 is 21.1 Å². The predicted octanol–water partition coefficient (Wildman–Crippen LogP) is 0.518. The van der Waals surface area contributed by atoms with E-state index in [-0.39, 0.29) is 31.0 Å². The molecule has 4 N–H and O–H groups in total. The quantitative estimate of drug-likeness (QED) is 0.429. The molecule has 2 aromatic carbocycles. The van der Waals surface area contributed by atoms with E-state index in [0.29, 0.717) is 0 Å². The highest BCUT2D eigenvalue weighted by molar-refractivity contribution is 7.89. The molecule has 1 fully saturated rings. The van der Waals surface area contributed by atoms with Crippen LogP contribution >= 0.6 is 0 Å². The minimum absolute atomic E-state index is 0.0593. The Bertz CT molecular complexity index is 1060. The van der Waals surface area contributed by atoms with Crippen LogP contribution in [-0.4, -0.2) is 60.9 Å². The number of sulfonamides is 1. The highest BCUT2D eigenvalue weighted by Gasteiger charge is 2.43. The largest absolute Gasteiger partial charge is 0.480 e. The lowest BCUT2D eigenvalue weighted by atomic mass is 10.1. The molecule has 11 heteroatoms. The fourth-order valence-corrected chi connectivity index (χ4v) is 4.80. The van der Waals surface area contributed by atoms with Gasteiger partial charge in [-0.3, -0.25) is 4.79 Å². The highest BCUT2D eigenvalue weighted by Crippen LogP contribution is 2.27. The number of carbonyl (C=O) groups is 3. The van der Waals surface area contributed by atoms with Crippen molar-refractivity contribution in [3.8, 4) is 0 Å². The number of hydrogen-bond acceptors (Lipinski definition) is 5. The summed E-state index contributed by atoms with van der Waals surface area (Å²) in [6.07, 6.45) is 0.273. The first-order valence-electron chi connectivity index (χ1n) is 9.94. The number of amides is 3. The smallest absolute Gasteiger partial charge is 0.328 e. The molecular formula is C21H24N4O6S. The van der Waals surface area contributed by atoms with E-state index < -0.39 is 40.0 Å². The third kappa shape index (κ3) is 5.62. The van der Waals surface area contributed by atoms with Crippen LogP contribution in [0.2, 0.25) is 0 Å². The summed E-state index contributed by atoms with van der Waals surface area (Å²) in [5.74, 6) is -2.08. The van der Waals surface area contributed by atoms with Gasteiger partial charge in [0, 0.05) is 13.1 Å². The zero-order valence-electron chi connectivity index (χ0n) is 17.1. The molecule has 1 aliphatic rings. The number of nitrogens with zero attached hydrogens (tertiary/aromatic N) is 1. The molecule has 0 bridgehead atoms. The molecule has 0 saturated carbocycles. The topological polar surface area (TPSA) is 145 Å². The lowest BCUT2D eigenvalue weighted by Crippen LogP contribution is -2.61. The maximum absolute atomic E-state index is 12.7. The van der Waals surface area contributed by atoms with Gasteiger partial charge in [-0.2, -0.15) is 4.31 Å². The monoisotopic (exact) mass is 460 g/mol. The van der Waals surface area contributed by atoms with Crippen molar-refractivity contribution in [1.82, 2.24) is 20.3 Å². The molecule has 1 heterocycles. The van der Waals surface area contributed by atoms with Crippen molar-refractivity contribution in [2.24, 2.45) is 0 Å². The third-order valence-corrected chi connectivity index (χ3v) is 6.92. The second-order valence-electron chi connectivity index (χ2n) is 7.18. The van der Waals surface area contributed by atoms with Crippen LogP contribution < -0.4 is 16.0 Å². The first kappa shape index (κ1) is 23.2. The zero-order valence-corrected chi connectivity index (χ0v) is 17.9. The van der Waals surface area contributed by atoms with Gasteiger partial charge in [-0.25, -0.2) is 18.0 Å². The molecule has 0 aliphatic carbocycles. The summed E-state index contributed by atoms with van der Waals surface area (Å²) in [4.78, 5) is 36.1. The molecule has 32 heavy (non-hydrogen) atoms. The van der Waals surface area contributed by atoms with Gasteiger partial charge in [0.2, 0.25) is 15.9 Å². The van der Waals surface area contributed by atoms with Gasteiger partial charge in [-0.15, -0.1) is 0 Å². The number of urea groups is 1. The summed E-state index contributed by atoms with van der Waals surface area (Å²) in [5, 5.41) is 16.7. The Balaban J connectivity index is 1.53. The first-order valence-corrected chi connectivity index (χ1v) is 11.4. The minimum atomic E-state index is -3.87. The number of hydrogen-bond donors (Lipinski definition) is 4. The lowest BCUT2D eigenvalue weighted by molar-refractivity contribution is -0.142. The van der Waals surface area contributed by atoms with Gasteiger partial charge in [0.25, 0.3) is 0 Å². The van der Waals surface area contributed by atoms with E-state index in [1.807, 2.05) is 30.3 Å². The Morgan fingerprint density at radius 3 is 2.19 bits per heavy atom. The third-order valence-electron chi connectivity index (χ3n) is 5.00. The summed E-state index contributed by atoms with van der Waals surface area (Å²) in [6, 6.07) is 13.8. The van der Waals surface area contributed by atoms with E-state index in [0.717, 1.165) is 9.87 Å². The molecule has 0 spiro atoms. The number of rotatable bonds is 9. The zero-order chi connectivity index (χ0) is 23.1. The molecule has 1 saturated heterocycles. The van der Waals surface area contributed by atoms with Crippen molar-refractivity contribution >= 4 is 27.9 Å². The van der Waals surface area contributed by atoms with E-state index in [2.05, 4.69) is 16.0 Å². The number of carbonyl (C=O) groups excluding carboxylic acids is 2. The fraction of sp³-hybridized carbons (Fsp3) is 0.286. The highest BCUT2D eigenvalue weighted by atomic mass is 32.2. The minimum Gasteiger partial charge on any atom is -0.480 e. The van der Waals surface area contributed by atoms with Crippen LogP contribution in [0.5, 0.6) is 0 Å². The Kier molecular flexibility index (Phi) is 7.44. The van der Waals surface area contributed by atoms with Gasteiger partial charge in [-0.05, 0) is 24.1 Å². The van der Waals surface area contributed by atoms with E-state index in [1.54, 1.807) is 18.2 Å². The predicted molar refractivity (Wildman–Crippen MR) is 115 cm³/mol. The van der Waals surface area contributed by atoms with Crippen LogP contribution in [0, 0.1) is 0 Å². The molecule has 2 unspecified atom stereocenters. The Labute approximate surface area is 185 Å². The van der Waals surface area contributed by atoms with Crippen molar-refractivity contribution < 1.29 is 27.9 Å². The number of carboxylic acid groups (broad SMARTS) is 1. The number of benzene rings is 2. The van der Waals surface area contributed by atoms with Crippen LogP contribution in [-0.2, 0) is 26.2 Å². The van der Waals surface area contributed by atoms with Crippen LogP contribution in [0.3, 0.4) is 0 Å². The van der Waals surface area contributed by atoms with Gasteiger partial charge in [-0.1, -0.05) is 48.5 Å². The molecule has 10 nitrogen and oxygen atoms in total. The summed E-state index contributed by atoms with van der Waals surface area (Å²) in [5.41, 5.74) is 0.871. The van der Waals surface area contributed by atoms with E-state index in [9.17, 15) is 27.9 Å². The van der Waals surface area contributed by atoms with Crippen LogP contribution in [0.1, 0.15) is 12.0 Å². The fourth-order valence-electron chi connectivity index (χ4n) is 3.14. The Morgan fingerprint density at radius 1 is 1.00 bits per heavy atom. The summed E-state index contributed by atoms with van der Waals surface area (Å²) < 4.78 is 26.5. The second-order valence-corrected chi connectivity index (χ2v) is 9.07. The number of nitrogens with one attached hydrogen (secondary N) is 3. The maximum Gasteiger partial charge on any atom is 0.328 e. The molecule has 2 atom stereocenters. The maximum atomic E-state index is 12.7. The normalized spacial score (nSPS) is 16.9. The average Bonchev–Trinajstić information content (AvgIpc) is 2.75. The van der Waals surface area contributed by atoms with Crippen molar-refractivity contribution in [3.63, 3.8) is 0 Å². The summed E-state index contributed by atoms with van der Waals surface area (Å²) in [6.45, 7) is 0.0538. The van der Waals surface area contributed by atoms with E-state index in [4.69, 9.17) is 0 Å². The molecule has 3 rings (SSSR count). The van der Waals surface area contributed by atoms with Gasteiger partial charge in [0.1, 0.15) is 12.1 Å². The second kappa shape index (κ2) is 10.2. The number of carboxylic acids is 1. The average molecular weight is 461 g/mol. The first-order chi connectivity index (χ1) is 15.3. The van der Waals surface area contributed by atoms with E-state index >= 15 is 0 Å². The molecule has 1 aliphatic heterocycles. The van der Waals surface area contributed by atoms with E-state index in [1.165, 1.54) is 12.1 Å². The van der Waals surface area contributed by atoms with Crippen molar-refractivity contribution in [2.45, 2.75) is 29.9 Å². The Morgan fingerprint density at radius 2 is 1.62 bits per heavy atom. The van der Waals surface area contributed by atoms with Crippen LogP contribution in [0.4, 0.5) is 4.79 Å². The van der Waals surface area contributed by atoms with Crippen LogP contribution in [0.25, 0.3) is 0 Å². The molecule has 2 aromatic rings. The molecule has 0 aromatic heterocycles. The van der Waals surface area contributed by atoms with Gasteiger partial charge in [0.15, 0.2) is 0 Å². The number of aliphatic carboxylic acids is 1. The van der Waals surface area contributed by atoms with Crippen molar-refractivity contribution in [3.05, 3.63) is 66.2 Å². The molecule has 0 radical (unpaired) electrons. The van der Waals surface area contributed by atoms with Crippen molar-refractivity contribution in [1.29, 1.82) is 0 Å². The standard InChI is InChI=1S/C21H24N4O6S/c26-19(18-11-12-25(18)32(30,31)16-9-5-2-6-10-16)24-17(20(27)28)14-23-21(29)22-13-15-7-3-1-4-8-15/h1-10,17-18H,11-14H2,(H,24,26)(H,27,28)(H2,22,23,29). The molecular weight excluding hydrogens is 436 g/mol. The summed E-state index contributed by atoms with van der Waals surface area (Å²) in [7, 11) is -3.87. The Hall–Kier alpha value is -3.44.